The van der Waals surface area contributed by atoms with E-state index in [1.54, 1.807) is 35.9 Å². The number of nitrogens with zero attached hydrogens (tertiary/aromatic N) is 2. The molecule has 0 aromatic carbocycles. The Labute approximate surface area is 92.8 Å². The van der Waals surface area contributed by atoms with Gasteiger partial charge in [-0.3, -0.25) is 0 Å². The molecule has 0 fully saturated rings. The van der Waals surface area contributed by atoms with Crippen LogP contribution in [0.25, 0.3) is 5.65 Å². The van der Waals surface area contributed by atoms with Gasteiger partial charge in [0, 0.05) is 18.9 Å². The number of pyridine rings is 1. The highest BCUT2D eigenvalue weighted by atomic mass is 16.5. The minimum Gasteiger partial charge on any atom is -0.462 e. The van der Waals surface area contributed by atoms with Crippen LogP contribution in [-0.4, -0.2) is 22.0 Å². The molecule has 2 rings (SSSR count). The van der Waals surface area contributed by atoms with Gasteiger partial charge in [-0.15, -0.1) is 0 Å². The molecule has 5 nitrogen and oxygen atoms in total. The summed E-state index contributed by atoms with van der Waals surface area (Å²) >= 11 is 0. The van der Waals surface area contributed by atoms with Crippen LogP contribution in [0.1, 0.15) is 23.0 Å². The van der Waals surface area contributed by atoms with E-state index in [2.05, 4.69) is 4.98 Å². The van der Waals surface area contributed by atoms with Crippen molar-refractivity contribution < 1.29 is 9.53 Å². The third-order valence-corrected chi connectivity index (χ3v) is 2.22. The Hall–Kier alpha value is -1.88. The van der Waals surface area contributed by atoms with Crippen molar-refractivity contribution in [3.63, 3.8) is 0 Å². The van der Waals surface area contributed by atoms with E-state index >= 15 is 0 Å². The number of hydrogen-bond donors (Lipinski definition) is 1. The lowest BCUT2D eigenvalue weighted by Gasteiger charge is -2.01. The lowest BCUT2D eigenvalue weighted by Crippen LogP contribution is -2.05. The third kappa shape index (κ3) is 1.90. The third-order valence-electron chi connectivity index (χ3n) is 2.22. The van der Waals surface area contributed by atoms with Gasteiger partial charge in [0.05, 0.1) is 17.9 Å². The lowest BCUT2D eigenvalue weighted by molar-refractivity contribution is 0.0526. The van der Waals surface area contributed by atoms with Crippen molar-refractivity contribution in [2.45, 2.75) is 13.5 Å². The van der Waals surface area contributed by atoms with Gasteiger partial charge in [-0.25, -0.2) is 9.78 Å². The second-order valence-corrected chi connectivity index (χ2v) is 3.34. The molecule has 2 N–H and O–H groups in total. The molecule has 0 amide bonds. The Balaban J connectivity index is 2.39. The highest BCUT2D eigenvalue weighted by molar-refractivity contribution is 5.89. The van der Waals surface area contributed by atoms with Gasteiger partial charge in [-0.1, -0.05) is 0 Å². The molecule has 0 saturated heterocycles. The van der Waals surface area contributed by atoms with Gasteiger partial charge in [0.2, 0.25) is 0 Å². The first kappa shape index (κ1) is 10.6. The molecule has 84 valence electrons. The second-order valence-electron chi connectivity index (χ2n) is 3.34. The quantitative estimate of drug-likeness (QED) is 0.781. The molecule has 0 aliphatic heterocycles. The molecule has 2 aromatic heterocycles. The van der Waals surface area contributed by atoms with Crippen molar-refractivity contribution in [1.29, 1.82) is 0 Å². The molecular formula is C11H13N3O2. The molecule has 0 aliphatic rings. The average molecular weight is 219 g/mol. The highest BCUT2D eigenvalue weighted by Crippen LogP contribution is 2.08. The van der Waals surface area contributed by atoms with Crippen molar-refractivity contribution in [3.05, 3.63) is 35.8 Å². The zero-order valence-corrected chi connectivity index (χ0v) is 9.01. The number of aromatic nitrogens is 2. The lowest BCUT2D eigenvalue weighted by atomic mass is 10.3. The minimum absolute atomic E-state index is 0.326. The van der Waals surface area contributed by atoms with E-state index in [4.69, 9.17) is 10.5 Å². The standard InChI is InChI=1S/C11H13N3O2/c1-2-16-11(15)8-3-4-10-13-9(5-12)7-14(10)6-8/h3-4,6-7H,2,5,12H2,1H3. The first-order valence-electron chi connectivity index (χ1n) is 5.09. The van der Waals surface area contributed by atoms with E-state index in [0.717, 1.165) is 11.3 Å². The van der Waals surface area contributed by atoms with Crippen LogP contribution >= 0.6 is 0 Å². The Morgan fingerprint density at radius 2 is 2.31 bits per heavy atom. The second kappa shape index (κ2) is 4.32. The largest absolute Gasteiger partial charge is 0.462 e. The normalized spacial score (nSPS) is 10.6. The summed E-state index contributed by atoms with van der Waals surface area (Å²) in [7, 11) is 0. The van der Waals surface area contributed by atoms with E-state index < -0.39 is 0 Å². The topological polar surface area (TPSA) is 69.6 Å². The van der Waals surface area contributed by atoms with Gasteiger partial charge in [-0.2, -0.15) is 0 Å². The van der Waals surface area contributed by atoms with E-state index in [0.29, 0.717) is 18.7 Å². The summed E-state index contributed by atoms with van der Waals surface area (Å²) < 4.78 is 6.68. The molecule has 0 spiro atoms. The van der Waals surface area contributed by atoms with Crippen molar-refractivity contribution in [3.8, 4) is 0 Å². The van der Waals surface area contributed by atoms with Crippen molar-refractivity contribution in [1.82, 2.24) is 9.38 Å². The van der Waals surface area contributed by atoms with Crippen LogP contribution in [-0.2, 0) is 11.3 Å². The summed E-state index contributed by atoms with van der Waals surface area (Å²) in [6.07, 6.45) is 3.50. The Morgan fingerprint density at radius 1 is 1.50 bits per heavy atom. The fraction of sp³-hybridized carbons (Fsp3) is 0.273. The van der Waals surface area contributed by atoms with Gasteiger partial charge in [-0.05, 0) is 19.1 Å². The number of ether oxygens (including phenoxy) is 1. The summed E-state index contributed by atoms with van der Waals surface area (Å²) in [5.74, 6) is -0.326. The van der Waals surface area contributed by atoms with Crippen molar-refractivity contribution >= 4 is 11.6 Å². The molecular weight excluding hydrogens is 206 g/mol. The number of carbonyl (C=O) groups is 1. The van der Waals surface area contributed by atoms with Crippen LogP contribution in [0.4, 0.5) is 0 Å². The van der Waals surface area contributed by atoms with E-state index in [-0.39, 0.29) is 5.97 Å². The summed E-state index contributed by atoms with van der Waals surface area (Å²) in [5, 5.41) is 0. The molecule has 0 atom stereocenters. The number of carbonyl (C=O) groups excluding carboxylic acids is 1. The van der Waals surface area contributed by atoms with Gasteiger partial charge in [0.15, 0.2) is 0 Å². The maximum absolute atomic E-state index is 11.5. The van der Waals surface area contributed by atoms with E-state index in [1.807, 2.05) is 0 Å². The molecule has 2 aromatic rings. The first-order valence-corrected chi connectivity index (χ1v) is 5.09. The Kier molecular flexibility index (Phi) is 2.87. The minimum atomic E-state index is -0.326. The number of hydrogen-bond acceptors (Lipinski definition) is 4. The van der Waals surface area contributed by atoms with Gasteiger partial charge >= 0.3 is 5.97 Å². The summed E-state index contributed by atoms with van der Waals surface area (Å²) in [4.78, 5) is 15.7. The monoisotopic (exact) mass is 219 g/mol. The Morgan fingerprint density at radius 3 is 3.00 bits per heavy atom. The van der Waals surface area contributed by atoms with Crippen LogP contribution in [0.3, 0.4) is 0 Å². The maximum Gasteiger partial charge on any atom is 0.339 e. The fourth-order valence-corrected chi connectivity index (χ4v) is 1.48. The SMILES string of the molecule is CCOC(=O)c1ccc2nc(CN)cn2c1. The highest BCUT2D eigenvalue weighted by Gasteiger charge is 2.08. The molecule has 0 bridgehead atoms. The molecule has 2 heterocycles. The van der Waals surface area contributed by atoms with Crippen LogP contribution in [0.5, 0.6) is 0 Å². The summed E-state index contributed by atoms with van der Waals surface area (Å²) in [6.45, 7) is 2.53. The van der Waals surface area contributed by atoms with E-state index in [9.17, 15) is 4.79 Å². The smallest absolute Gasteiger partial charge is 0.339 e. The van der Waals surface area contributed by atoms with Gasteiger partial charge in [0.25, 0.3) is 0 Å². The van der Waals surface area contributed by atoms with Crippen LogP contribution < -0.4 is 5.73 Å². The van der Waals surface area contributed by atoms with Gasteiger partial charge in [0.1, 0.15) is 5.65 Å². The zero-order valence-electron chi connectivity index (χ0n) is 9.01. The number of rotatable bonds is 3. The predicted octanol–water partition coefficient (Wildman–Crippen LogP) is 0.970. The predicted molar refractivity (Wildman–Crippen MR) is 59.0 cm³/mol. The van der Waals surface area contributed by atoms with Crippen LogP contribution in [0.2, 0.25) is 0 Å². The maximum atomic E-state index is 11.5. The summed E-state index contributed by atoms with van der Waals surface area (Å²) in [5.41, 5.74) is 7.57. The zero-order chi connectivity index (χ0) is 11.5. The molecule has 5 heteroatoms. The fourth-order valence-electron chi connectivity index (χ4n) is 1.48. The van der Waals surface area contributed by atoms with Gasteiger partial charge < -0.3 is 14.9 Å². The van der Waals surface area contributed by atoms with Crippen LogP contribution in [0, 0.1) is 0 Å². The summed E-state index contributed by atoms with van der Waals surface area (Å²) in [6, 6.07) is 3.46. The average Bonchev–Trinajstić information content (AvgIpc) is 2.70. The van der Waals surface area contributed by atoms with Crippen LogP contribution in [0.15, 0.2) is 24.5 Å². The molecule has 0 aliphatic carbocycles. The van der Waals surface area contributed by atoms with E-state index in [1.165, 1.54) is 0 Å². The number of nitrogens with two attached hydrogens (primary N) is 1. The van der Waals surface area contributed by atoms with Crippen molar-refractivity contribution in [2.75, 3.05) is 6.61 Å². The number of fused-ring (bicyclic) bond motifs is 1. The Bertz CT molecular complexity index is 519. The van der Waals surface area contributed by atoms with Crippen molar-refractivity contribution in [2.24, 2.45) is 5.73 Å². The molecule has 16 heavy (non-hydrogen) atoms. The number of esters is 1. The molecule has 0 saturated carbocycles. The number of imidazole rings is 1. The molecule has 0 unspecified atom stereocenters. The molecule has 0 radical (unpaired) electrons. The first-order chi connectivity index (χ1) is 7.74.